The molecule has 0 bridgehead atoms. The Morgan fingerprint density at radius 1 is 0.500 bits per heavy atom. The van der Waals surface area contributed by atoms with E-state index in [-0.39, 0.29) is 0 Å². The molecule has 0 aromatic carbocycles. The van der Waals surface area contributed by atoms with Crippen LogP contribution in [0, 0.1) is 0 Å². The van der Waals surface area contributed by atoms with Gasteiger partial charge in [-0.1, -0.05) is 128 Å². The largest absolute Gasteiger partial charge is 0.479 e. The molecule has 0 aliphatic heterocycles. The van der Waals surface area contributed by atoms with E-state index in [0.29, 0.717) is 0 Å². The van der Waals surface area contributed by atoms with Crippen LogP contribution in [0.4, 0.5) is 0 Å². The Balaban J connectivity index is -0.000000526. The Morgan fingerprint density at radius 2 is 0.794 bits per heavy atom. The number of thiocarbonyl (C=S) groups is 2. The normalized spacial score (nSPS) is 9.94. The molecular weight excluding hydrogens is 537 g/mol. The first-order chi connectivity index (χ1) is 16.6. The molecule has 0 atom stereocenters. The van der Waals surface area contributed by atoms with Crippen molar-refractivity contribution in [3.63, 3.8) is 0 Å². The van der Waals surface area contributed by atoms with E-state index in [1.54, 1.807) is 23.5 Å². The highest BCUT2D eigenvalue weighted by atomic mass is 33.1. The molecule has 0 saturated carbocycles. The molecule has 0 aliphatic rings. The fourth-order valence-corrected chi connectivity index (χ4v) is 4.85. The van der Waals surface area contributed by atoms with Gasteiger partial charge in [0.15, 0.2) is 0 Å². The minimum absolute atomic E-state index is 0.744. The Morgan fingerprint density at radius 3 is 1.09 bits per heavy atom. The summed E-state index contributed by atoms with van der Waals surface area (Å²) < 4.78 is 12.5. The van der Waals surface area contributed by atoms with Crippen molar-refractivity contribution in [1.82, 2.24) is 0 Å². The maximum absolute atomic E-state index is 5.49. The molecule has 0 saturated heterocycles. The number of hydrogen-bond donors (Lipinski definition) is 2. The molecule has 0 fully saturated rings. The van der Waals surface area contributed by atoms with Crippen LogP contribution in [0.25, 0.3) is 0 Å². The predicted molar refractivity (Wildman–Crippen MR) is 177 cm³/mol. The van der Waals surface area contributed by atoms with Crippen molar-refractivity contribution in [2.75, 3.05) is 24.7 Å². The van der Waals surface area contributed by atoms with Crippen molar-refractivity contribution < 1.29 is 9.47 Å². The van der Waals surface area contributed by atoms with E-state index < -0.39 is 0 Å². The van der Waals surface area contributed by atoms with Crippen molar-refractivity contribution in [3.05, 3.63) is 0 Å². The molecular formula is C26H54O2S6. The van der Waals surface area contributed by atoms with Gasteiger partial charge in [0.05, 0.1) is 13.2 Å². The number of unbranched alkanes of at least 4 members (excludes halogenated alkanes) is 12. The Kier molecular flexibility index (Phi) is 45.2. The lowest BCUT2D eigenvalue weighted by molar-refractivity contribution is 0.308. The van der Waals surface area contributed by atoms with E-state index in [2.05, 4.69) is 51.0 Å². The van der Waals surface area contributed by atoms with Gasteiger partial charge in [0.2, 0.25) is 8.77 Å². The predicted octanol–water partition coefficient (Wildman–Crippen LogP) is 11.1. The van der Waals surface area contributed by atoms with E-state index in [1.165, 1.54) is 89.9 Å². The van der Waals surface area contributed by atoms with Crippen LogP contribution >= 0.6 is 71.3 Å². The summed E-state index contributed by atoms with van der Waals surface area (Å²) in [6.07, 6.45) is 20.4. The summed E-state index contributed by atoms with van der Waals surface area (Å²) in [7, 11) is 0. The number of ether oxygens (including phenoxy) is 2. The van der Waals surface area contributed by atoms with Crippen LogP contribution in [-0.2, 0) is 9.47 Å². The second-order valence-electron chi connectivity index (χ2n) is 8.14. The topological polar surface area (TPSA) is 18.5 Å². The van der Waals surface area contributed by atoms with Gasteiger partial charge < -0.3 is 9.47 Å². The van der Waals surface area contributed by atoms with Gasteiger partial charge in [-0.05, 0) is 50.1 Å². The van der Waals surface area contributed by atoms with Crippen LogP contribution in [0.3, 0.4) is 0 Å². The van der Waals surface area contributed by atoms with Crippen molar-refractivity contribution in [2.24, 2.45) is 0 Å². The highest BCUT2D eigenvalue weighted by Crippen LogP contribution is 2.12. The monoisotopic (exact) mass is 590 g/mol. The third-order valence-electron chi connectivity index (χ3n) is 4.87. The zero-order valence-corrected chi connectivity index (χ0v) is 27.5. The third-order valence-corrected chi connectivity index (χ3v) is 7.51. The first kappa shape index (κ1) is 39.7. The van der Waals surface area contributed by atoms with Crippen LogP contribution in [0.2, 0.25) is 0 Å². The van der Waals surface area contributed by atoms with Gasteiger partial charge in [0.25, 0.3) is 0 Å². The van der Waals surface area contributed by atoms with Gasteiger partial charge >= 0.3 is 0 Å². The third kappa shape index (κ3) is 40.4. The Labute approximate surface area is 243 Å². The summed E-state index contributed by atoms with van der Waals surface area (Å²) in [6.45, 7) is 10.5. The summed E-state index contributed by atoms with van der Waals surface area (Å²) in [5.74, 6) is 2.24. The maximum Gasteiger partial charge on any atom is 0.219 e. The smallest absolute Gasteiger partial charge is 0.219 e. The molecule has 0 unspecified atom stereocenters. The van der Waals surface area contributed by atoms with E-state index in [9.17, 15) is 0 Å². The molecule has 0 aromatic rings. The number of thiol groups is 2. The van der Waals surface area contributed by atoms with Crippen molar-refractivity contribution >= 4 is 80.0 Å². The fourth-order valence-electron chi connectivity index (χ4n) is 2.82. The lowest BCUT2D eigenvalue weighted by atomic mass is 10.2. The molecule has 2 nitrogen and oxygen atoms in total. The van der Waals surface area contributed by atoms with Crippen LogP contribution in [0.1, 0.15) is 130 Å². The molecule has 0 aliphatic carbocycles. The molecule has 8 heteroatoms. The zero-order chi connectivity index (χ0) is 26.1. The fraction of sp³-hybridized carbons (Fsp3) is 0.923. The first-order valence-corrected chi connectivity index (χ1v) is 17.8. The average molecular weight is 591 g/mol. The first-order valence-electron chi connectivity index (χ1n) is 13.4. The summed E-state index contributed by atoms with van der Waals surface area (Å²) in [4.78, 5) is 0. The highest BCUT2D eigenvalue weighted by molar-refractivity contribution is 8.59. The quantitative estimate of drug-likeness (QED) is 0.0631. The molecule has 0 rings (SSSR count). The van der Waals surface area contributed by atoms with E-state index >= 15 is 0 Å². The van der Waals surface area contributed by atoms with Crippen LogP contribution in [0.15, 0.2) is 0 Å². The molecule has 34 heavy (non-hydrogen) atoms. The SMILES string of the molecule is CCCCCCOC(=S)SCCCCCC.CCCCCCOC(=S)SCCCCCC.SS. The van der Waals surface area contributed by atoms with Crippen LogP contribution in [0.5, 0.6) is 0 Å². The maximum atomic E-state index is 5.49. The number of rotatable bonds is 20. The molecule has 0 heterocycles. The Bertz CT molecular complexity index is 329. The summed E-state index contributed by atoms with van der Waals surface area (Å²) >= 11 is 20.1. The summed E-state index contributed by atoms with van der Waals surface area (Å²) in [5, 5.41) is 0. The molecule has 0 amide bonds. The number of thioether (sulfide) groups is 2. The van der Waals surface area contributed by atoms with E-state index in [1.807, 2.05) is 0 Å². The van der Waals surface area contributed by atoms with Crippen LogP contribution in [-0.4, -0.2) is 33.5 Å². The second kappa shape index (κ2) is 38.7. The van der Waals surface area contributed by atoms with Gasteiger partial charge in [-0.15, -0.1) is 23.3 Å². The highest BCUT2D eigenvalue weighted by Gasteiger charge is 1.99. The van der Waals surface area contributed by atoms with Crippen molar-refractivity contribution in [2.45, 2.75) is 130 Å². The number of hydrogen-bond acceptors (Lipinski definition) is 8. The van der Waals surface area contributed by atoms with Crippen molar-refractivity contribution in [3.8, 4) is 0 Å². The molecule has 0 radical (unpaired) electrons. The van der Waals surface area contributed by atoms with Gasteiger partial charge in [0.1, 0.15) is 0 Å². The van der Waals surface area contributed by atoms with Crippen molar-refractivity contribution in [1.29, 1.82) is 0 Å². The molecule has 0 N–H and O–H groups in total. The van der Waals surface area contributed by atoms with E-state index in [4.69, 9.17) is 33.9 Å². The van der Waals surface area contributed by atoms with Gasteiger partial charge in [-0.25, -0.2) is 0 Å². The standard InChI is InChI=1S/2C13H26OS2.H2S2/c2*1-3-5-7-9-11-14-13(15)16-12-10-8-6-4-2;1-2/h2*3-12H2,1-2H3;1-2H. The molecule has 206 valence electrons. The second-order valence-corrected chi connectivity index (χ2v) is 11.5. The Hall–Kier alpha value is 1.18. The van der Waals surface area contributed by atoms with Gasteiger partial charge in [-0.2, -0.15) is 0 Å². The van der Waals surface area contributed by atoms with Gasteiger partial charge in [-0.3, -0.25) is 0 Å². The summed E-state index contributed by atoms with van der Waals surface area (Å²) in [5.41, 5.74) is 0. The van der Waals surface area contributed by atoms with E-state index in [0.717, 1.165) is 46.3 Å². The van der Waals surface area contributed by atoms with Gasteiger partial charge in [0, 0.05) is 11.5 Å². The molecule has 0 spiro atoms. The average Bonchev–Trinajstić information content (AvgIpc) is 2.85. The van der Waals surface area contributed by atoms with Crippen LogP contribution < -0.4 is 0 Å². The zero-order valence-electron chi connectivity index (χ0n) is 22.5. The summed E-state index contributed by atoms with van der Waals surface area (Å²) in [6, 6.07) is 0. The minimum Gasteiger partial charge on any atom is -0.479 e. The molecule has 0 aromatic heterocycles. The minimum atomic E-state index is 0.744. The lowest BCUT2D eigenvalue weighted by Gasteiger charge is -2.06. The lowest BCUT2D eigenvalue weighted by Crippen LogP contribution is -2.00.